The van der Waals surface area contributed by atoms with Gasteiger partial charge in [0.05, 0.1) is 12.6 Å². The molecule has 1 N–H and O–H groups in total. The van der Waals surface area contributed by atoms with Crippen molar-refractivity contribution in [3.8, 4) is 0 Å². The minimum atomic E-state index is -0.317. The molecule has 0 aliphatic carbocycles. The molecule has 0 aromatic heterocycles. The van der Waals surface area contributed by atoms with Gasteiger partial charge in [-0.05, 0) is 89.9 Å². The van der Waals surface area contributed by atoms with Gasteiger partial charge in [-0.1, -0.05) is 41.0 Å². The molecule has 0 saturated carbocycles. The summed E-state index contributed by atoms with van der Waals surface area (Å²) in [5.41, 5.74) is 0. The Kier molecular flexibility index (Phi) is 16.6. The van der Waals surface area contributed by atoms with Crippen molar-refractivity contribution in [2.75, 3.05) is 66.5 Å². The van der Waals surface area contributed by atoms with Crippen LogP contribution in [-0.4, -0.2) is 133 Å². The van der Waals surface area contributed by atoms with Crippen LogP contribution in [0.4, 0.5) is 0 Å². The second-order valence-electron chi connectivity index (χ2n) is 13.8. The van der Waals surface area contributed by atoms with E-state index in [1.165, 1.54) is 32.4 Å². The third kappa shape index (κ3) is 12.0. The molecule has 43 heavy (non-hydrogen) atoms. The van der Waals surface area contributed by atoms with E-state index in [4.69, 9.17) is 0 Å². The molecule has 4 fully saturated rings. The van der Waals surface area contributed by atoms with Gasteiger partial charge in [-0.3, -0.25) is 24.1 Å². The Morgan fingerprint density at radius 1 is 0.791 bits per heavy atom. The highest BCUT2D eigenvalue weighted by molar-refractivity contribution is 5.90. The van der Waals surface area contributed by atoms with Gasteiger partial charge in [-0.25, -0.2) is 0 Å². The van der Waals surface area contributed by atoms with Crippen LogP contribution in [0.15, 0.2) is 0 Å². The Labute approximate surface area is 261 Å². The molecule has 4 aliphatic rings. The highest BCUT2D eigenvalue weighted by atomic mass is 16.2. The predicted octanol–water partition coefficient (Wildman–Crippen LogP) is 3.06. The lowest BCUT2D eigenvalue weighted by Crippen LogP contribution is -2.55. The fraction of sp³-hybridized carbons (Fsp3) is 0.879. The van der Waals surface area contributed by atoms with Crippen molar-refractivity contribution in [3.63, 3.8) is 0 Å². The Morgan fingerprint density at radius 3 is 1.88 bits per heavy atom. The molecule has 248 valence electrons. The Morgan fingerprint density at radius 2 is 1.35 bits per heavy atom. The molecule has 0 aromatic carbocycles. The summed E-state index contributed by atoms with van der Waals surface area (Å²) in [5.74, 6) is 1.07. The minimum absolute atomic E-state index is 0.0281. The molecule has 0 spiro atoms. The largest absolute Gasteiger partial charge is 0.350 e. The van der Waals surface area contributed by atoms with Crippen LogP contribution < -0.4 is 5.32 Å². The molecule has 1 unspecified atom stereocenters. The predicted molar refractivity (Wildman–Crippen MR) is 172 cm³/mol. The van der Waals surface area contributed by atoms with Crippen LogP contribution in [0.2, 0.25) is 0 Å². The van der Waals surface area contributed by atoms with Crippen molar-refractivity contribution in [1.82, 2.24) is 29.8 Å². The number of rotatable bonds is 9. The summed E-state index contributed by atoms with van der Waals surface area (Å²) in [5, 5.41) is 2.44. The first-order valence-corrected chi connectivity index (χ1v) is 16.9. The topological polar surface area (TPSA) is 96.5 Å². The molecule has 0 bridgehead atoms. The standard InChI is InChI=1S/C23H39N5O4.C6H13N.C4H10/c1-17(2)20(25(3)21(30)14-24-16-29)15-27-12-6-8-18(27)23(32)28-13-7-9-19(28)22(31)26-10-4-5-11-26;1-7-5-3-2-4-6-7;1-4(2)3/h16-20H,4-15H2,1-3H3,(H,24,29);2-6H2,1H3;4H,1-3H3/t18-,19?,20+;;/m0../s1. The van der Waals surface area contributed by atoms with Crippen LogP contribution in [-0.2, 0) is 19.2 Å². The Balaban J connectivity index is 0.000000493. The van der Waals surface area contributed by atoms with E-state index in [-0.39, 0.29) is 48.3 Å². The Hall–Kier alpha value is -2.20. The lowest BCUT2D eigenvalue weighted by molar-refractivity contribution is -0.146. The third-order valence-electron chi connectivity index (χ3n) is 8.89. The van der Waals surface area contributed by atoms with Gasteiger partial charge in [0.15, 0.2) is 0 Å². The fourth-order valence-corrected chi connectivity index (χ4v) is 6.46. The van der Waals surface area contributed by atoms with Gasteiger partial charge in [0.2, 0.25) is 24.1 Å². The van der Waals surface area contributed by atoms with Gasteiger partial charge in [0.1, 0.15) is 6.04 Å². The molecule has 4 heterocycles. The minimum Gasteiger partial charge on any atom is -0.350 e. The summed E-state index contributed by atoms with van der Waals surface area (Å²) in [6.45, 7) is 16.9. The smallest absolute Gasteiger partial charge is 0.245 e. The summed E-state index contributed by atoms with van der Waals surface area (Å²) < 4.78 is 0. The first kappa shape index (κ1) is 37.0. The van der Waals surface area contributed by atoms with Crippen LogP contribution in [0.3, 0.4) is 0 Å². The van der Waals surface area contributed by atoms with E-state index in [1.807, 2.05) is 9.80 Å². The number of carbonyl (C=O) groups excluding carboxylic acids is 4. The highest BCUT2D eigenvalue weighted by Gasteiger charge is 2.43. The molecule has 4 rings (SSSR count). The third-order valence-corrected chi connectivity index (χ3v) is 8.89. The molecule has 4 saturated heterocycles. The quantitative estimate of drug-likeness (QED) is 0.406. The van der Waals surface area contributed by atoms with Gasteiger partial charge in [0, 0.05) is 39.3 Å². The van der Waals surface area contributed by atoms with E-state index in [0.717, 1.165) is 64.1 Å². The molecule has 0 radical (unpaired) electrons. The average Bonchev–Trinajstić information content (AvgIpc) is 3.76. The van der Waals surface area contributed by atoms with Gasteiger partial charge in [-0.2, -0.15) is 0 Å². The molecule has 4 aliphatic heterocycles. The number of nitrogens with one attached hydrogen (secondary N) is 1. The first-order valence-electron chi connectivity index (χ1n) is 16.9. The van der Waals surface area contributed by atoms with Crippen LogP contribution in [0.1, 0.15) is 92.4 Å². The molecular weight excluding hydrogens is 544 g/mol. The van der Waals surface area contributed by atoms with Crippen molar-refractivity contribution in [1.29, 1.82) is 0 Å². The zero-order valence-electron chi connectivity index (χ0n) is 28.4. The van der Waals surface area contributed by atoms with Crippen LogP contribution >= 0.6 is 0 Å². The number of likely N-dealkylation sites (tertiary alicyclic amines) is 4. The number of piperidine rings is 1. The number of hydrogen-bond donors (Lipinski definition) is 1. The second kappa shape index (κ2) is 19.2. The maximum Gasteiger partial charge on any atom is 0.245 e. The van der Waals surface area contributed by atoms with E-state index in [1.54, 1.807) is 11.9 Å². The molecule has 0 aromatic rings. The van der Waals surface area contributed by atoms with E-state index in [2.05, 4.69) is 56.8 Å². The maximum absolute atomic E-state index is 13.6. The summed E-state index contributed by atoms with van der Waals surface area (Å²) in [6, 6.07) is -0.618. The van der Waals surface area contributed by atoms with Crippen molar-refractivity contribution in [2.24, 2.45) is 11.8 Å². The number of hydrogen-bond acceptors (Lipinski definition) is 6. The summed E-state index contributed by atoms with van der Waals surface area (Å²) in [7, 11) is 3.96. The number of amides is 4. The van der Waals surface area contributed by atoms with Crippen molar-refractivity contribution < 1.29 is 19.2 Å². The summed E-state index contributed by atoms with van der Waals surface area (Å²) in [6.07, 6.45) is 10.3. The summed E-state index contributed by atoms with van der Waals surface area (Å²) in [4.78, 5) is 59.6. The first-order chi connectivity index (χ1) is 20.5. The molecular formula is C33H62N6O4. The lowest BCUT2D eigenvalue weighted by atomic mass is 10.0. The molecule has 3 atom stereocenters. The van der Waals surface area contributed by atoms with Crippen molar-refractivity contribution in [2.45, 2.75) is 111 Å². The van der Waals surface area contributed by atoms with Gasteiger partial charge in [0.25, 0.3) is 0 Å². The Bertz CT molecular complexity index is 854. The fourth-order valence-electron chi connectivity index (χ4n) is 6.46. The van der Waals surface area contributed by atoms with E-state index in [9.17, 15) is 19.2 Å². The SMILES string of the molecule is CC(C)C.CC(C)[C@@H](CN1CCC[C@H]1C(=O)N1CCCC1C(=O)N1CCCC1)N(C)C(=O)CNC=O.CN1CCCCC1. The number of likely N-dealkylation sites (N-methyl/N-ethyl adjacent to an activating group) is 1. The normalized spacial score (nSPS) is 23.4. The van der Waals surface area contributed by atoms with Crippen LogP contribution in [0, 0.1) is 11.8 Å². The second-order valence-corrected chi connectivity index (χ2v) is 13.8. The van der Waals surface area contributed by atoms with Crippen molar-refractivity contribution in [3.05, 3.63) is 0 Å². The van der Waals surface area contributed by atoms with Gasteiger partial charge in [-0.15, -0.1) is 0 Å². The molecule has 10 heteroatoms. The van der Waals surface area contributed by atoms with E-state index < -0.39 is 0 Å². The van der Waals surface area contributed by atoms with Gasteiger partial charge < -0.3 is 24.9 Å². The van der Waals surface area contributed by atoms with E-state index in [0.29, 0.717) is 19.5 Å². The van der Waals surface area contributed by atoms with Crippen LogP contribution in [0.25, 0.3) is 0 Å². The zero-order chi connectivity index (χ0) is 31.9. The number of carbonyl (C=O) groups is 4. The monoisotopic (exact) mass is 606 g/mol. The number of nitrogens with zero attached hydrogens (tertiary/aromatic N) is 5. The lowest BCUT2D eigenvalue weighted by Gasteiger charge is -2.37. The molecule has 10 nitrogen and oxygen atoms in total. The highest BCUT2D eigenvalue weighted by Crippen LogP contribution is 2.28. The average molecular weight is 607 g/mol. The molecule has 4 amide bonds. The maximum atomic E-state index is 13.6. The van der Waals surface area contributed by atoms with Gasteiger partial charge >= 0.3 is 0 Å². The van der Waals surface area contributed by atoms with E-state index >= 15 is 0 Å². The van der Waals surface area contributed by atoms with Crippen LogP contribution in [0.5, 0.6) is 0 Å². The van der Waals surface area contributed by atoms with Crippen molar-refractivity contribution >= 4 is 24.1 Å². The summed E-state index contributed by atoms with van der Waals surface area (Å²) >= 11 is 0. The zero-order valence-corrected chi connectivity index (χ0v) is 28.4.